The first-order chi connectivity index (χ1) is 13.5. The van der Waals surface area contributed by atoms with E-state index in [0.717, 1.165) is 11.2 Å². The lowest BCUT2D eigenvalue weighted by Crippen LogP contribution is -2.41. The van der Waals surface area contributed by atoms with Crippen molar-refractivity contribution in [2.45, 2.75) is 38.8 Å². The van der Waals surface area contributed by atoms with Crippen molar-refractivity contribution < 1.29 is 13.9 Å². The molecule has 2 aromatic heterocycles. The Morgan fingerprint density at radius 3 is 2.68 bits per heavy atom. The largest absolute Gasteiger partial charge is 0.487 e. The van der Waals surface area contributed by atoms with E-state index in [-0.39, 0.29) is 29.6 Å². The summed E-state index contributed by atoms with van der Waals surface area (Å²) >= 11 is 0. The fourth-order valence-electron chi connectivity index (χ4n) is 3.49. The van der Waals surface area contributed by atoms with E-state index in [9.17, 15) is 9.18 Å². The van der Waals surface area contributed by atoms with Gasteiger partial charge in [0.2, 0.25) is 0 Å². The van der Waals surface area contributed by atoms with Crippen molar-refractivity contribution in [3.05, 3.63) is 54.2 Å². The summed E-state index contributed by atoms with van der Waals surface area (Å²) in [6, 6.07) is 8.46. The van der Waals surface area contributed by atoms with Crippen molar-refractivity contribution >= 4 is 17.1 Å². The van der Waals surface area contributed by atoms with Gasteiger partial charge >= 0.3 is 0 Å². The number of rotatable bonds is 4. The highest BCUT2D eigenvalue weighted by Gasteiger charge is 2.26. The number of imidazole rings is 1. The lowest BCUT2D eigenvalue weighted by Gasteiger charge is -2.32. The Kier molecular flexibility index (Phi) is 4.98. The number of fused-ring (bicyclic) bond motifs is 1. The molecule has 1 aromatic carbocycles. The molecule has 3 heterocycles. The second-order valence-corrected chi connectivity index (χ2v) is 7.35. The minimum absolute atomic E-state index is 0.0576. The molecule has 0 saturated carbocycles. The number of amides is 1. The molecule has 3 aromatic rings. The molecule has 0 radical (unpaired) electrons. The van der Waals surface area contributed by atoms with Crippen LogP contribution >= 0.6 is 0 Å². The second kappa shape index (κ2) is 7.58. The lowest BCUT2D eigenvalue weighted by atomic mass is 10.1. The molecular formula is C21H23FN4O2. The standard InChI is InChI=1S/C21H23FN4O2/c1-14(2)26-13-24-18-11-15(12-23-20(18)26)21(27)25-9-7-16(8-10-25)28-19-6-4-3-5-17(19)22/h3-6,11-14,16H,7-10H2,1-2H3. The van der Waals surface area contributed by atoms with Crippen molar-refractivity contribution in [3.63, 3.8) is 0 Å². The van der Waals surface area contributed by atoms with E-state index < -0.39 is 0 Å². The highest BCUT2D eigenvalue weighted by Crippen LogP contribution is 2.23. The van der Waals surface area contributed by atoms with Gasteiger partial charge in [0.1, 0.15) is 11.6 Å². The van der Waals surface area contributed by atoms with Crippen LogP contribution in [0.5, 0.6) is 5.75 Å². The molecule has 1 aliphatic heterocycles. The van der Waals surface area contributed by atoms with Gasteiger partial charge in [-0.1, -0.05) is 12.1 Å². The van der Waals surface area contributed by atoms with E-state index in [0.29, 0.717) is 31.5 Å². The van der Waals surface area contributed by atoms with Crippen molar-refractivity contribution in [2.75, 3.05) is 13.1 Å². The average Bonchev–Trinajstić information content (AvgIpc) is 3.13. The number of ether oxygens (including phenoxy) is 1. The third kappa shape index (κ3) is 3.56. The van der Waals surface area contributed by atoms with Crippen LogP contribution in [0.4, 0.5) is 4.39 Å². The highest BCUT2D eigenvalue weighted by atomic mass is 19.1. The van der Waals surface area contributed by atoms with Crippen molar-refractivity contribution in [1.82, 2.24) is 19.4 Å². The highest BCUT2D eigenvalue weighted by molar-refractivity contribution is 5.96. The van der Waals surface area contributed by atoms with E-state index in [2.05, 4.69) is 23.8 Å². The molecule has 1 fully saturated rings. The monoisotopic (exact) mass is 382 g/mol. The van der Waals surface area contributed by atoms with Crippen LogP contribution in [0.25, 0.3) is 11.2 Å². The zero-order valence-corrected chi connectivity index (χ0v) is 16.0. The molecule has 28 heavy (non-hydrogen) atoms. The van der Waals surface area contributed by atoms with E-state index in [1.807, 2.05) is 4.57 Å². The Bertz CT molecular complexity index is 993. The number of carbonyl (C=O) groups is 1. The summed E-state index contributed by atoms with van der Waals surface area (Å²) in [7, 11) is 0. The van der Waals surface area contributed by atoms with Gasteiger partial charge in [0.05, 0.1) is 11.9 Å². The van der Waals surface area contributed by atoms with Crippen molar-refractivity contribution in [2.24, 2.45) is 0 Å². The maximum absolute atomic E-state index is 13.7. The van der Waals surface area contributed by atoms with Gasteiger partial charge in [-0.05, 0) is 32.0 Å². The first-order valence-corrected chi connectivity index (χ1v) is 9.56. The number of halogens is 1. The normalized spacial score (nSPS) is 15.4. The number of aromatic nitrogens is 3. The Hall–Kier alpha value is -2.96. The molecule has 1 saturated heterocycles. The van der Waals surface area contributed by atoms with Gasteiger partial charge in [-0.15, -0.1) is 0 Å². The number of piperidine rings is 1. The molecule has 0 unspecified atom stereocenters. The summed E-state index contributed by atoms with van der Waals surface area (Å²) in [5.41, 5.74) is 2.04. The Labute approximate surface area is 163 Å². The molecule has 0 bridgehead atoms. The zero-order valence-electron chi connectivity index (χ0n) is 16.0. The summed E-state index contributed by atoms with van der Waals surface area (Å²) in [6.07, 6.45) is 4.60. The van der Waals surface area contributed by atoms with Gasteiger partial charge in [0.15, 0.2) is 17.2 Å². The molecule has 1 amide bonds. The number of hydrogen-bond acceptors (Lipinski definition) is 4. The summed E-state index contributed by atoms with van der Waals surface area (Å²) in [5.74, 6) is -0.151. The maximum Gasteiger partial charge on any atom is 0.255 e. The van der Waals surface area contributed by atoms with Gasteiger partial charge in [-0.2, -0.15) is 0 Å². The van der Waals surface area contributed by atoms with E-state index in [4.69, 9.17) is 4.74 Å². The predicted octanol–water partition coefficient (Wildman–Crippen LogP) is 3.83. The van der Waals surface area contributed by atoms with Crippen molar-refractivity contribution in [3.8, 4) is 5.75 Å². The van der Waals surface area contributed by atoms with E-state index >= 15 is 0 Å². The Morgan fingerprint density at radius 2 is 1.96 bits per heavy atom. The molecule has 6 nitrogen and oxygen atoms in total. The molecule has 146 valence electrons. The SMILES string of the molecule is CC(C)n1cnc2cc(C(=O)N3CCC(Oc4ccccc4F)CC3)cnc21. The van der Waals surface area contributed by atoms with Gasteiger partial charge < -0.3 is 14.2 Å². The number of para-hydroxylation sites is 1. The lowest BCUT2D eigenvalue weighted by molar-refractivity contribution is 0.0588. The quantitative estimate of drug-likeness (QED) is 0.688. The number of carbonyl (C=O) groups excluding carboxylic acids is 1. The minimum atomic E-state index is -0.360. The first-order valence-electron chi connectivity index (χ1n) is 9.56. The molecule has 7 heteroatoms. The maximum atomic E-state index is 13.7. The summed E-state index contributed by atoms with van der Waals surface area (Å²) in [4.78, 5) is 23.5. The topological polar surface area (TPSA) is 60.2 Å². The first kappa shape index (κ1) is 18.4. The van der Waals surface area contributed by atoms with E-state index in [1.54, 1.807) is 41.7 Å². The number of likely N-dealkylation sites (tertiary alicyclic amines) is 1. The molecule has 0 spiro atoms. The van der Waals surface area contributed by atoms with Crippen LogP contribution in [0.15, 0.2) is 42.9 Å². The summed E-state index contributed by atoms with van der Waals surface area (Å²) < 4.78 is 21.5. The average molecular weight is 382 g/mol. The number of nitrogens with zero attached hydrogens (tertiary/aromatic N) is 4. The van der Waals surface area contributed by atoms with Crippen LogP contribution in [0.2, 0.25) is 0 Å². The van der Waals surface area contributed by atoms with Crippen LogP contribution < -0.4 is 4.74 Å². The van der Waals surface area contributed by atoms with Crippen LogP contribution in [-0.4, -0.2) is 44.5 Å². The van der Waals surface area contributed by atoms with E-state index in [1.165, 1.54) is 6.07 Å². The summed E-state index contributed by atoms with van der Waals surface area (Å²) in [5, 5.41) is 0. The number of pyridine rings is 1. The van der Waals surface area contributed by atoms with Crippen LogP contribution in [0.3, 0.4) is 0 Å². The predicted molar refractivity (Wildman–Crippen MR) is 104 cm³/mol. The Morgan fingerprint density at radius 1 is 1.21 bits per heavy atom. The fraction of sp³-hybridized carbons (Fsp3) is 0.381. The van der Waals surface area contributed by atoms with Crippen LogP contribution in [0, 0.1) is 5.82 Å². The Balaban J connectivity index is 1.41. The molecule has 0 aliphatic carbocycles. The third-order valence-corrected chi connectivity index (χ3v) is 5.08. The minimum Gasteiger partial charge on any atom is -0.487 e. The van der Waals surface area contributed by atoms with Crippen LogP contribution in [0.1, 0.15) is 43.1 Å². The summed E-state index contributed by atoms with van der Waals surface area (Å²) in [6.45, 7) is 5.26. The smallest absolute Gasteiger partial charge is 0.255 e. The van der Waals surface area contributed by atoms with Crippen LogP contribution in [-0.2, 0) is 0 Å². The fourth-order valence-corrected chi connectivity index (χ4v) is 3.49. The zero-order chi connectivity index (χ0) is 19.7. The number of hydrogen-bond donors (Lipinski definition) is 0. The van der Waals surface area contributed by atoms with Gasteiger partial charge in [0, 0.05) is 38.2 Å². The number of benzene rings is 1. The molecular weight excluding hydrogens is 359 g/mol. The second-order valence-electron chi connectivity index (χ2n) is 7.35. The molecule has 0 atom stereocenters. The molecule has 0 N–H and O–H groups in total. The molecule has 4 rings (SSSR count). The van der Waals surface area contributed by atoms with Gasteiger partial charge in [-0.3, -0.25) is 4.79 Å². The van der Waals surface area contributed by atoms with Gasteiger partial charge in [-0.25, -0.2) is 14.4 Å². The third-order valence-electron chi connectivity index (χ3n) is 5.08. The van der Waals surface area contributed by atoms with Gasteiger partial charge in [0.25, 0.3) is 5.91 Å². The van der Waals surface area contributed by atoms with Crippen molar-refractivity contribution in [1.29, 1.82) is 0 Å². The molecule has 1 aliphatic rings.